The molecule has 0 radical (unpaired) electrons. The Bertz CT molecular complexity index is 1250. The lowest BCUT2D eigenvalue weighted by atomic mass is 10.0. The minimum atomic E-state index is -0.532. The number of fused-ring (bicyclic) bond motifs is 3. The van der Waals surface area contributed by atoms with Gasteiger partial charge in [-0.25, -0.2) is 9.59 Å². The van der Waals surface area contributed by atoms with Crippen molar-refractivity contribution >= 4 is 27.8 Å². The standard InChI is InChI=1S/C21H16N2O4/c24-19-10-14(16-8-12-4-3-5-13(12)9-18(16)27-19)11-26-21(25)20-15-6-1-2-7-17(15)22-23-20/h1-2,6-10H,3-5,11H2,(H,22,23). The van der Waals surface area contributed by atoms with Gasteiger partial charge in [-0.2, -0.15) is 5.10 Å². The van der Waals surface area contributed by atoms with Crippen molar-refractivity contribution in [1.29, 1.82) is 0 Å². The summed E-state index contributed by atoms with van der Waals surface area (Å²) in [5.41, 5.74) is 4.23. The van der Waals surface area contributed by atoms with Crippen molar-refractivity contribution < 1.29 is 13.9 Å². The summed E-state index contributed by atoms with van der Waals surface area (Å²) in [6, 6.07) is 12.7. The van der Waals surface area contributed by atoms with Gasteiger partial charge in [0, 0.05) is 22.4 Å². The first-order valence-corrected chi connectivity index (χ1v) is 8.88. The predicted octanol–water partition coefficient (Wildman–Crippen LogP) is 3.52. The van der Waals surface area contributed by atoms with Crippen molar-refractivity contribution in [3.05, 3.63) is 75.3 Å². The van der Waals surface area contributed by atoms with E-state index in [4.69, 9.17) is 9.15 Å². The fraction of sp³-hybridized carbons (Fsp3) is 0.190. The first-order valence-electron chi connectivity index (χ1n) is 8.88. The van der Waals surface area contributed by atoms with Crippen LogP contribution in [0.5, 0.6) is 0 Å². The molecule has 1 N–H and O–H groups in total. The molecule has 0 bridgehead atoms. The molecular weight excluding hydrogens is 344 g/mol. The average Bonchev–Trinajstić information content (AvgIpc) is 3.30. The molecular formula is C21H16N2O4. The molecule has 0 aliphatic heterocycles. The Labute approximate surface area is 153 Å². The Morgan fingerprint density at radius 3 is 2.81 bits per heavy atom. The van der Waals surface area contributed by atoms with Crippen LogP contribution in [0.15, 0.2) is 51.7 Å². The van der Waals surface area contributed by atoms with Gasteiger partial charge in [-0.3, -0.25) is 5.10 Å². The van der Waals surface area contributed by atoms with Crippen molar-refractivity contribution in [1.82, 2.24) is 10.2 Å². The number of ether oxygens (including phenoxy) is 1. The van der Waals surface area contributed by atoms with Crippen LogP contribution >= 0.6 is 0 Å². The molecule has 134 valence electrons. The number of hydrogen-bond acceptors (Lipinski definition) is 5. The van der Waals surface area contributed by atoms with E-state index >= 15 is 0 Å². The van der Waals surface area contributed by atoms with Gasteiger partial charge in [-0.1, -0.05) is 18.2 Å². The SMILES string of the molecule is O=C(OCc1cc(=O)oc2cc3c(cc12)CCC3)c1n[nH]c2ccccc12. The maximum atomic E-state index is 12.5. The summed E-state index contributed by atoms with van der Waals surface area (Å²) in [5, 5.41) is 8.39. The summed E-state index contributed by atoms with van der Waals surface area (Å²) in [7, 11) is 0. The number of para-hydroxylation sites is 1. The minimum absolute atomic E-state index is 0.0130. The van der Waals surface area contributed by atoms with E-state index in [2.05, 4.69) is 10.2 Å². The summed E-state index contributed by atoms with van der Waals surface area (Å²) < 4.78 is 10.8. The molecule has 1 aliphatic rings. The number of hydrogen-bond donors (Lipinski definition) is 1. The number of carbonyl (C=O) groups is 1. The van der Waals surface area contributed by atoms with Gasteiger partial charge < -0.3 is 9.15 Å². The Kier molecular flexibility index (Phi) is 3.57. The highest BCUT2D eigenvalue weighted by molar-refractivity contribution is 6.01. The first-order chi connectivity index (χ1) is 13.2. The van der Waals surface area contributed by atoms with Gasteiger partial charge in [-0.15, -0.1) is 0 Å². The summed E-state index contributed by atoms with van der Waals surface area (Å²) in [4.78, 5) is 24.4. The molecule has 6 nitrogen and oxygen atoms in total. The largest absolute Gasteiger partial charge is 0.456 e. The number of aryl methyl sites for hydroxylation is 2. The van der Waals surface area contributed by atoms with Crippen LogP contribution in [-0.2, 0) is 24.2 Å². The van der Waals surface area contributed by atoms with Crippen molar-refractivity contribution in [2.24, 2.45) is 0 Å². The Balaban J connectivity index is 1.48. The molecule has 0 amide bonds. The van der Waals surface area contributed by atoms with Crippen molar-refractivity contribution in [3.63, 3.8) is 0 Å². The quantitative estimate of drug-likeness (QED) is 0.446. The van der Waals surface area contributed by atoms with Crippen LogP contribution in [0.3, 0.4) is 0 Å². The van der Waals surface area contributed by atoms with E-state index in [1.807, 2.05) is 36.4 Å². The van der Waals surface area contributed by atoms with Gasteiger partial charge in [0.25, 0.3) is 0 Å². The highest BCUT2D eigenvalue weighted by Gasteiger charge is 2.18. The highest BCUT2D eigenvalue weighted by atomic mass is 16.5. The fourth-order valence-corrected chi connectivity index (χ4v) is 3.74. The van der Waals surface area contributed by atoms with Crippen LogP contribution in [0.2, 0.25) is 0 Å². The number of carbonyl (C=O) groups excluding carboxylic acids is 1. The zero-order chi connectivity index (χ0) is 18.4. The fourth-order valence-electron chi connectivity index (χ4n) is 3.74. The lowest BCUT2D eigenvalue weighted by Crippen LogP contribution is -2.09. The average molecular weight is 360 g/mol. The third-order valence-corrected chi connectivity index (χ3v) is 5.07. The lowest BCUT2D eigenvalue weighted by molar-refractivity contribution is 0.0469. The van der Waals surface area contributed by atoms with Gasteiger partial charge in [0.05, 0.1) is 5.52 Å². The van der Waals surface area contributed by atoms with E-state index in [9.17, 15) is 9.59 Å². The molecule has 0 saturated heterocycles. The van der Waals surface area contributed by atoms with Crippen molar-refractivity contribution in [3.8, 4) is 0 Å². The zero-order valence-corrected chi connectivity index (χ0v) is 14.5. The number of nitrogens with one attached hydrogen (secondary N) is 1. The van der Waals surface area contributed by atoms with Gasteiger partial charge in [0.2, 0.25) is 0 Å². The lowest BCUT2D eigenvalue weighted by Gasteiger charge is -2.08. The van der Waals surface area contributed by atoms with Crippen LogP contribution in [0.4, 0.5) is 0 Å². The van der Waals surface area contributed by atoms with E-state index in [0.717, 1.165) is 30.2 Å². The molecule has 4 aromatic rings. The highest BCUT2D eigenvalue weighted by Crippen LogP contribution is 2.29. The predicted molar refractivity (Wildman–Crippen MR) is 99.7 cm³/mol. The third kappa shape index (κ3) is 2.70. The molecule has 0 fully saturated rings. The van der Waals surface area contributed by atoms with E-state index in [1.165, 1.54) is 17.2 Å². The second-order valence-electron chi connectivity index (χ2n) is 6.76. The Morgan fingerprint density at radius 1 is 1.11 bits per heavy atom. The maximum Gasteiger partial charge on any atom is 0.359 e. The van der Waals surface area contributed by atoms with E-state index in [1.54, 1.807) is 0 Å². The number of H-pyrrole nitrogens is 1. The maximum absolute atomic E-state index is 12.5. The molecule has 0 atom stereocenters. The van der Waals surface area contributed by atoms with Crippen LogP contribution in [0.1, 0.15) is 33.6 Å². The Hall–Kier alpha value is -3.41. The third-order valence-electron chi connectivity index (χ3n) is 5.07. The van der Waals surface area contributed by atoms with Gasteiger partial charge in [-0.05, 0) is 48.6 Å². The number of aromatic amines is 1. The zero-order valence-electron chi connectivity index (χ0n) is 14.5. The van der Waals surface area contributed by atoms with Crippen LogP contribution < -0.4 is 5.63 Å². The van der Waals surface area contributed by atoms with E-state index in [-0.39, 0.29) is 12.3 Å². The molecule has 0 saturated carbocycles. The second kappa shape index (κ2) is 6.09. The van der Waals surface area contributed by atoms with Crippen molar-refractivity contribution in [2.75, 3.05) is 0 Å². The second-order valence-corrected chi connectivity index (χ2v) is 6.76. The number of rotatable bonds is 3. The molecule has 0 spiro atoms. The molecule has 2 aromatic carbocycles. The number of aromatic nitrogens is 2. The van der Waals surface area contributed by atoms with Gasteiger partial charge in [0.1, 0.15) is 12.2 Å². The number of nitrogens with zero attached hydrogens (tertiary/aromatic N) is 1. The molecule has 2 heterocycles. The summed E-state index contributed by atoms with van der Waals surface area (Å²) >= 11 is 0. The number of benzene rings is 2. The summed E-state index contributed by atoms with van der Waals surface area (Å²) in [5.74, 6) is -0.532. The van der Waals surface area contributed by atoms with E-state index < -0.39 is 11.6 Å². The van der Waals surface area contributed by atoms with Crippen LogP contribution in [0.25, 0.3) is 21.9 Å². The molecule has 6 heteroatoms. The molecule has 1 aliphatic carbocycles. The molecule has 2 aromatic heterocycles. The van der Waals surface area contributed by atoms with Crippen LogP contribution in [0, 0.1) is 0 Å². The first kappa shape index (κ1) is 15.8. The molecule has 0 unspecified atom stereocenters. The number of esters is 1. The van der Waals surface area contributed by atoms with Gasteiger partial charge in [0.15, 0.2) is 5.69 Å². The Morgan fingerprint density at radius 2 is 1.93 bits per heavy atom. The minimum Gasteiger partial charge on any atom is -0.456 e. The van der Waals surface area contributed by atoms with Gasteiger partial charge >= 0.3 is 11.6 Å². The topological polar surface area (TPSA) is 85.2 Å². The monoisotopic (exact) mass is 360 g/mol. The normalized spacial score (nSPS) is 13.2. The summed E-state index contributed by atoms with van der Waals surface area (Å²) in [6.45, 7) is -0.0130. The molecule has 27 heavy (non-hydrogen) atoms. The van der Waals surface area contributed by atoms with Crippen LogP contribution in [-0.4, -0.2) is 16.2 Å². The summed E-state index contributed by atoms with van der Waals surface area (Å²) in [6.07, 6.45) is 3.12. The molecule has 5 rings (SSSR count). The van der Waals surface area contributed by atoms with E-state index in [0.29, 0.717) is 16.5 Å². The van der Waals surface area contributed by atoms with Crippen molar-refractivity contribution in [2.45, 2.75) is 25.9 Å². The smallest absolute Gasteiger partial charge is 0.359 e.